The monoisotopic (exact) mass is 368 g/mol. The number of carbonyl (C=O) groups is 2. The quantitative estimate of drug-likeness (QED) is 0.709. The Morgan fingerprint density at radius 3 is 2.67 bits per heavy atom. The predicted molar refractivity (Wildman–Crippen MR) is 107 cm³/mol. The Labute approximate surface area is 160 Å². The summed E-state index contributed by atoms with van der Waals surface area (Å²) in [4.78, 5) is 32.1. The standard InChI is InChI=1S/C22H28N2O3/c1-4-22(12-9-15(2)25,13-10-19(26)27-3)21-20-17(11-14-23-21)16-7-5-6-8-18(16)24-20/h5-8,24H,4,9-14H2,1-3H3. The zero-order chi connectivity index (χ0) is 19.4. The Kier molecular flexibility index (Phi) is 5.78. The number of benzene rings is 1. The lowest BCUT2D eigenvalue weighted by Gasteiger charge is -2.35. The molecule has 1 unspecified atom stereocenters. The Hall–Kier alpha value is -2.43. The van der Waals surface area contributed by atoms with E-state index >= 15 is 0 Å². The second-order valence-corrected chi connectivity index (χ2v) is 7.42. The third kappa shape index (κ3) is 3.82. The molecular weight excluding hydrogens is 340 g/mol. The molecule has 3 rings (SSSR count). The fraction of sp³-hybridized carbons (Fsp3) is 0.500. The second-order valence-electron chi connectivity index (χ2n) is 7.42. The summed E-state index contributed by atoms with van der Waals surface area (Å²) < 4.78 is 4.87. The summed E-state index contributed by atoms with van der Waals surface area (Å²) in [6.07, 6.45) is 3.89. The number of ether oxygens (including phenoxy) is 1. The highest BCUT2D eigenvalue weighted by atomic mass is 16.5. The van der Waals surface area contributed by atoms with E-state index in [-0.39, 0.29) is 17.2 Å². The van der Waals surface area contributed by atoms with Crippen LogP contribution in [0.1, 0.15) is 57.2 Å². The Morgan fingerprint density at radius 1 is 1.22 bits per heavy atom. The topological polar surface area (TPSA) is 71.5 Å². The van der Waals surface area contributed by atoms with Gasteiger partial charge in [0.25, 0.3) is 0 Å². The third-order valence-electron chi connectivity index (χ3n) is 5.85. The Morgan fingerprint density at radius 2 is 1.96 bits per heavy atom. The van der Waals surface area contributed by atoms with Crippen LogP contribution in [0.5, 0.6) is 0 Å². The van der Waals surface area contributed by atoms with Crippen molar-refractivity contribution in [3.8, 4) is 0 Å². The van der Waals surface area contributed by atoms with Gasteiger partial charge in [0.1, 0.15) is 5.78 Å². The minimum atomic E-state index is -0.310. The van der Waals surface area contributed by atoms with Crippen molar-refractivity contribution in [2.24, 2.45) is 10.4 Å². The van der Waals surface area contributed by atoms with Gasteiger partial charge < -0.3 is 14.5 Å². The molecule has 0 radical (unpaired) electrons. The lowest BCUT2D eigenvalue weighted by molar-refractivity contribution is -0.141. The zero-order valence-corrected chi connectivity index (χ0v) is 16.4. The van der Waals surface area contributed by atoms with E-state index in [4.69, 9.17) is 9.73 Å². The minimum Gasteiger partial charge on any atom is -0.469 e. The number of hydrogen-bond acceptors (Lipinski definition) is 4. The zero-order valence-electron chi connectivity index (χ0n) is 16.4. The molecule has 0 saturated carbocycles. The van der Waals surface area contributed by atoms with E-state index in [1.165, 1.54) is 18.1 Å². The summed E-state index contributed by atoms with van der Waals surface area (Å²) in [6.45, 7) is 4.48. The van der Waals surface area contributed by atoms with Gasteiger partial charge in [-0.3, -0.25) is 9.79 Å². The molecule has 0 aliphatic carbocycles. The summed E-state index contributed by atoms with van der Waals surface area (Å²) in [7, 11) is 1.42. The van der Waals surface area contributed by atoms with E-state index < -0.39 is 0 Å². The van der Waals surface area contributed by atoms with Crippen LogP contribution in [0, 0.1) is 5.41 Å². The van der Waals surface area contributed by atoms with E-state index in [1.54, 1.807) is 6.92 Å². The SMILES string of the molecule is CCC(CCC(C)=O)(CCC(=O)OC)C1=NCCc2c1[nH]c1ccccc21. The maximum atomic E-state index is 11.8. The molecule has 0 spiro atoms. The molecule has 2 aromatic rings. The molecule has 27 heavy (non-hydrogen) atoms. The highest BCUT2D eigenvalue weighted by Crippen LogP contribution is 2.41. The molecule has 0 saturated heterocycles. The predicted octanol–water partition coefficient (Wildman–Crippen LogP) is 4.23. The number of rotatable bonds is 8. The number of Topliss-reactive ketones (excluding diaryl/α,β-unsaturated/α-hetero) is 1. The first-order chi connectivity index (χ1) is 13.0. The highest BCUT2D eigenvalue weighted by Gasteiger charge is 2.38. The number of aliphatic imine (C=N–C) groups is 1. The molecule has 0 amide bonds. The summed E-state index contributed by atoms with van der Waals surface area (Å²) in [5.74, 6) is -0.0527. The van der Waals surface area contributed by atoms with Gasteiger partial charge in [-0.15, -0.1) is 0 Å². The molecule has 1 atom stereocenters. The first-order valence-corrected chi connectivity index (χ1v) is 9.72. The first-order valence-electron chi connectivity index (χ1n) is 9.72. The number of esters is 1. The molecule has 1 aromatic carbocycles. The number of nitrogens with one attached hydrogen (secondary N) is 1. The van der Waals surface area contributed by atoms with Crippen molar-refractivity contribution >= 4 is 28.4 Å². The molecule has 1 aliphatic heterocycles. The number of fused-ring (bicyclic) bond motifs is 3. The number of aromatic nitrogens is 1. The van der Waals surface area contributed by atoms with E-state index in [0.29, 0.717) is 25.7 Å². The Balaban J connectivity index is 2.04. The fourth-order valence-corrected chi connectivity index (χ4v) is 4.19. The van der Waals surface area contributed by atoms with Gasteiger partial charge in [-0.2, -0.15) is 0 Å². The lowest BCUT2D eigenvalue weighted by Crippen LogP contribution is -2.35. The van der Waals surface area contributed by atoms with Crippen LogP contribution in [-0.4, -0.2) is 36.1 Å². The number of ketones is 1. The van der Waals surface area contributed by atoms with Crippen molar-refractivity contribution in [2.45, 2.75) is 52.4 Å². The van der Waals surface area contributed by atoms with Crippen LogP contribution in [0.2, 0.25) is 0 Å². The van der Waals surface area contributed by atoms with Gasteiger partial charge in [0.2, 0.25) is 0 Å². The number of hydrogen-bond donors (Lipinski definition) is 1. The normalized spacial score (nSPS) is 15.7. The minimum absolute atomic E-state index is 0.166. The van der Waals surface area contributed by atoms with Crippen molar-refractivity contribution < 1.29 is 14.3 Å². The third-order valence-corrected chi connectivity index (χ3v) is 5.85. The second kappa shape index (κ2) is 8.07. The molecule has 144 valence electrons. The molecule has 5 nitrogen and oxygen atoms in total. The summed E-state index contributed by atoms with van der Waals surface area (Å²) >= 11 is 0. The fourth-order valence-electron chi connectivity index (χ4n) is 4.19. The van der Waals surface area contributed by atoms with Gasteiger partial charge in [-0.1, -0.05) is 25.1 Å². The number of para-hydroxylation sites is 1. The molecule has 0 fully saturated rings. The van der Waals surface area contributed by atoms with Crippen LogP contribution in [0.3, 0.4) is 0 Å². The van der Waals surface area contributed by atoms with E-state index in [0.717, 1.165) is 36.3 Å². The molecule has 1 N–H and O–H groups in total. The van der Waals surface area contributed by atoms with Crippen molar-refractivity contribution in [2.75, 3.05) is 13.7 Å². The van der Waals surface area contributed by atoms with Crippen LogP contribution >= 0.6 is 0 Å². The van der Waals surface area contributed by atoms with Gasteiger partial charge in [0.15, 0.2) is 0 Å². The highest BCUT2D eigenvalue weighted by molar-refractivity contribution is 6.09. The molecule has 1 aliphatic rings. The number of methoxy groups -OCH3 is 1. The smallest absolute Gasteiger partial charge is 0.305 e. The van der Waals surface area contributed by atoms with Gasteiger partial charge in [0.05, 0.1) is 18.5 Å². The lowest BCUT2D eigenvalue weighted by atomic mass is 9.70. The average molecular weight is 368 g/mol. The molecule has 2 heterocycles. The van der Waals surface area contributed by atoms with Crippen LogP contribution < -0.4 is 0 Å². The first kappa shape index (κ1) is 19.3. The summed E-state index contributed by atoms with van der Waals surface area (Å²) in [5, 5.41) is 1.24. The summed E-state index contributed by atoms with van der Waals surface area (Å²) in [6, 6.07) is 8.32. The maximum absolute atomic E-state index is 11.8. The largest absolute Gasteiger partial charge is 0.469 e. The van der Waals surface area contributed by atoms with E-state index in [1.807, 2.05) is 6.07 Å². The van der Waals surface area contributed by atoms with Crippen molar-refractivity contribution in [3.63, 3.8) is 0 Å². The Bertz CT molecular complexity index is 881. The average Bonchev–Trinajstić information content (AvgIpc) is 3.07. The van der Waals surface area contributed by atoms with E-state index in [2.05, 4.69) is 30.1 Å². The molecule has 5 heteroatoms. The maximum Gasteiger partial charge on any atom is 0.305 e. The number of aromatic amines is 1. The van der Waals surface area contributed by atoms with Crippen LogP contribution in [0.4, 0.5) is 0 Å². The van der Waals surface area contributed by atoms with Crippen LogP contribution in [-0.2, 0) is 20.7 Å². The van der Waals surface area contributed by atoms with Crippen LogP contribution in [0.25, 0.3) is 10.9 Å². The van der Waals surface area contributed by atoms with Crippen molar-refractivity contribution in [1.82, 2.24) is 4.98 Å². The van der Waals surface area contributed by atoms with Gasteiger partial charge in [-0.25, -0.2) is 0 Å². The molecular formula is C22H28N2O3. The van der Waals surface area contributed by atoms with Gasteiger partial charge >= 0.3 is 5.97 Å². The summed E-state index contributed by atoms with van der Waals surface area (Å²) in [5.41, 5.74) is 4.21. The van der Waals surface area contributed by atoms with Gasteiger partial charge in [-0.05, 0) is 44.2 Å². The number of H-pyrrole nitrogens is 1. The number of nitrogens with zero attached hydrogens (tertiary/aromatic N) is 1. The molecule has 0 bridgehead atoms. The van der Waals surface area contributed by atoms with E-state index in [9.17, 15) is 9.59 Å². The van der Waals surface area contributed by atoms with Crippen molar-refractivity contribution in [3.05, 3.63) is 35.5 Å². The molecule has 1 aromatic heterocycles. The van der Waals surface area contributed by atoms with Gasteiger partial charge in [0, 0.05) is 35.7 Å². The van der Waals surface area contributed by atoms with Crippen molar-refractivity contribution in [1.29, 1.82) is 0 Å². The number of carbonyl (C=O) groups excluding carboxylic acids is 2. The van der Waals surface area contributed by atoms with Crippen LogP contribution in [0.15, 0.2) is 29.3 Å².